The van der Waals surface area contributed by atoms with Crippen molar-refractivity contribution in [2.45, 2.75) is 64.2 Å². The van der Waals surface area contributed by atoms with Gasteiger partial charge in [0.15, 0.2) is 0 Å². The average molecular weight is 1100 g/mol. The van der Waals surface area contributed by atoms with E-state index < -0.39 is 0 Å². The van der Waals surface area contributed by atoms with Gasteiger partial charge in [-0.2, -0.15) is 0 Å². The molecule has 0 saturated carbocycles. The Hall–Kier alpha value is -10.0. The number of anilines is 6. The highest BCUT2D eigenvalue weighted by atomic mass is 15.2. The van der Waals surface area contributed by atoms with Crippen molar-refractivity contribution in [3.63, 3.8) is 0 Å². The summed E-state index contributed by atoms with van der Waals surface area (Å²) >= 11 is 0. The van der Waals surface area contributed by atoms with E-state index in [9.17, 15) is 0 Å². The minimum atomic E-state index is -0.116. The van der Waals surface area contributed by atoms with E-state index in [0.717, 1.165) is 37.1 Å². The lowest BCUT2D eigenvalue weighted by atomic mass is 9.81. The first kappa shape index (κ1) is 50.5. The molecule has 0 fully saturated rings. The fourth-order valence-electron chi connectivity index (χ4n) is 15.7. The van der Waals surface area contributed by atoms with Crippen LogP contribution in [0.3, 0.4) is 0 Å². The lowest BCUT2D eigenvalue weighted by molar-refractivity contribution is 0.660. The topological polar surface area (TPSA) is 6.48 Å². The third kappa shape index (κ3) is 7.72. The average Bonchev–Trinajstić information content (AvgIpc) is 1.08. The number of rotatable bonds is 6. The molecule has 2 heteroatoms. The van der Waals surface area contributed by atoms with Crippen LogP contribution in [-0.4, -0.2) is 0 Å². The number of aryl methyl sites for hydroxylation is 4. The first-order valence-corrected chi connectivity index (χ1v) is 30.8. The fraction of sp³-hybridized carbons (Fsp3) is 0.119. The van der Waals surface area contributed by atoms with Crippen LogP contribution in [0.1, 0.15) is 72.2 Å². The molecule has 2 nitrogen and oxygen atoms in total. The Labute approximate surface area is 505 Å². The predicted octanol–water partition coefficient (Wildman–Crippen LogP) is 22.4. The summed E-state index contributed by atoms with van der Waals surface area (Å²) in [6.45, 7) is 9.53. The van der Waals surface area contributed by atoms with Crippen LogP contribution < -0.4 is 9.80 Å². The Morgan fingerprint density at radius 3 is 0.965 bits per heavy atom. The van der Waals surface area contributed by atoms with Gasteiger partial charge in [0, 0.05) is 45.0 Å². The molecule has 2 heterocycles. The van der Waals surface area contributed by atoms with E-state index in [1.807, 2.05) is 0 Å². The summed E-state index contributed by atoms with van der Waals surface area (Å²) in [5.41, 5.74) is 33.0. The molecule has 0 atom stereocenters. The van der Waals surface area contributed by atoms with Gasteiger partial charge < -0.3 is 9.80 Å². The van der Waals surface area contributed by atoms with Gasteiger partial charge in [-0.05, 0) is 231 Å². The molecule has 0 amide bonds. The Morgan fingerprint density at radius 1 is 0.244 bits per heavy atom. The molecule has 0 unspecified atom stereocenters. The zero-order chi connectivity index (χ0) is 57.4. The summed E-state index contributed by atoms with van der Waals surface area (Å²) in [7, 11) is 0. The Balaban J connectivity index is 0.943. The zero-order valence-electron chi connectivity index (χ0n) is 49.1. The highest BCUT2D eigenvalue weighted by Crippen LogP contribution is 2.54. The van der Waals surface area contributed by atoms with Crippen molar-refractivity contribution in [2.75, 3.05) is 9.80 Å². The van der Waals surface area contributed by atoms with Crippen LogP contribution in [0.25, 0.3) is 88.3 Å². The number of hydrogen-bond donors (Lipinski definition) is 0. The van der Waals surface area contributed by atoms with Gasteiger partial charge in [0.2, 0.25) is 0 Å². The van der Waals surface area contributed by atoms with Gasteiger partial charge in [-0.1, -0.05) is 222 Å². The third-order valence-corrected chi connectivity index (χ3v) is 20.0. The van der Waals surface area contributed by atoms with Gasteiger partial charge in [-0.25, -0.2) is 0 Å². The summed E-state index contributed by atoms with van der Waals surface area (Å²) in [6, 6.07) is 102. The lowest BCUT2D eigenvalue weighted by Gasteiger charge is -2.29. The first-order valence-electron chi connectivity index (χ1n) is 30.8. The smallest absolute Gasteiger partial charge is 0.0493 e. The van der Waals surface area contributed by atoms with Crippen LogP contribution in [0.5, 0.6) is 0 Å². The maximum absolute atomic E-state index is 2.54. The van der Waals surface area contributed by atoms with Crippen molar-refractivity contribution >= 4 is 55.7 Å². The molecule has 0 saturated heterocycles. The van der Waals surface area contributed by atoms with Gasteiger partial charge in [0.05, 0.1) is 0 Å². The number of para-hydroxylation sites is 4. The normalized spacial score (nSPS) is 14.7. The van der Waals surface area contributed by atoms with Crippen molar-refractivity contribution in [1.29, 1.82) is 0 Å². The van der Waals surface area contributed by atoms with E-state index in [1.165, 1.54) is 156 Å². The highest BCUT2D eigenvalue weighted by Gasteiger charge is 2.37. The van der Waals surface area contributed by atoms with Crippen molar-refractivity contribution in [3.8, 4) is 66.8 Å². The van der Waals surface area contributed by atoms with E-state index in [0.29, 0.717) is 0 Å². The molecular formula is C84H64N2. The molecule has 0 bridgehead atoms. The summed E-state index contributed by atoms with van der Waals surface area (Å²) in [6.07, 6.45) is 3.93. The molecule has 0 N–H and O–H groups in total. The molecule has 17 rings (SSSR count). The van der Waals surface area contributed by atoms with Crippen LogP contribution in [0, 0.1) is 0 Å². The van der Waals surface area contributed by atoms with Crippen LogP contribution in [-0.2, 0) is 36.5 Å². The van der Waals surface area contributed by atoms with Crippen LogP contribution in [0.15, 0.2) is 267 Å². The van der Waals surface area contributed by atoms with Gasteiger partial charge in [-0.15, -0.1) is 0 Å². The lowest BCUT2D eigenvalue weighted by Crippen LogP contribution is -2.14. The van der Waals surface area contributed by atoms with E-state index in [2.05, 4.69) is 304 Å². The van der Waals surface area contributed by atoms with Crippen LogP contribution >= 0.6 is 0 Å². The number of hydrogen-bond acceptors (Lipinski definition) is 2. The van der Waals surface area contributed by atoms with E-state index in [1.54, 1.807) is 0 Å². The highest BCUT2D eigenvalue weighted by molar-refractivity contribution is 6.23. The second kappa shape index (κ2) is 19.3. The molecule has 0 aromatic heterocycles. The van der Waals surface area contributed by atoms with Gasteiger partial charge >= 0.3 is 0 Å². The number of nitrogens with zero attached hydrogens (tertiary/aromatic N) is 2. The van der Waals surface area contributed by atoms with Crippen LogP contribution in [0.2, 0.25) is 0 Å². The van der Waals surface area contributed by atoms with Crippen molar-refractivity contribution in [3.05, 3.63) is 311 Å². The minimum Gasteiger partial charge on any atom is -0.310 e. The molecule has 4 aliphatic rings. The standard InChI is InChI=1S/C84H64N2/c1-83(2)73-29-11-9-27-65(73)67-43-39-59(49-75(67)83)57-23-17-25-61(47-57)81-69-45-41-64(86-79-33-15-7-21-55(79)37-38-56-22-8-16-34-80(56)86)52-72(69)82(62-26-18-24-58(48-62)60-40-44-68-66-28-10-12-30-74(66)84(3,4)76(68)50-60)70-46-42-63(51-71(70)81)85-77-31-13-5-19-53(77)35-36-54-20-6-14-32-78(54)85/h5-34,39-52H,35-38H2,1-4H3. The van der Waals surface area contributed by atoms with E-state index in [4.69, 9.17) is 0 Å². The summed E-state index contributed by atoms with van der Waals surface area (Å²) < 4.78 is 0. The largest absolute Gasteiger partial charge is 0.310 e. The molecule has 2 aliphatic carbocycles. The molecule has 0 radical (unpaired) electrons. The van der Waals surface area contributed by atoms with Gasteiger partial charge in [-0.3, -0.25) is 0 Å². The number of benzene rings is 13. The van der Waals surface area contributed by atoms with Crippen molar-refractivity contribution < 1.29 is 0 Å². The molecule has 410 valence electrons. The third-order valence-electron chi connectivity index (χ3n) is 20.0. The second-order valence-corrected chi connectivity index (χ2v) is 25.4. The monoisotopic (exact) mass is 1100 g/mol. The summed E-state index contributed by atoms with van der Waals surface area (Å²) in [5.74, 6) is 0. The molecule has 13 aromatic rings. The summed E-state index contributed by atoms with van der Waals surface area (Å²) in [5, 5.41) is 4.86. The Morgan fingerprint density at radius 2 is 0.570 bits per heavy atom. The molecule has 0 spiro atoms. The first-order chi connectivity index (χ1) is 42.2. The molecule has 2 aliphatic heterocycles. The van der Waals surface area contributed by atoms with Gasteiger partial charge in [0.1, 0.15) is 0 Å². The Bertz CT molecular complexity index is 4570. The minimum absolute atomic E-state index is 0.116. The maximum Gasteiger partial charge on any atom is 0.0493 e. The van der Waals surface area contributed by atoms with Gasteiger partial charge in [0.25, 0.3) is 0 Å². The molecule has 86 heavy (non-hydrogen) atoms. The zero-order valence-corrected chi connectivity index (χ0v) is 49.1. The molecular weight excluding hydrogens is 1040 g/mol. The summed E-state index contributed by atoms with van der Waals surface area (Å²) in [4.78, 5) is 5.08. The predicted molar refractivity (Wildman–Crippen MR) is 363 cm³/mol. The number of fused-ring (bicyclic) bond motifs is 12. The van der Waals surface area contributed by atoms with E-state index >= 15 is 0 Å². The van der Waals surface area contributed by atoms with Crippen molar-refractivity contribution in [1.82, 2.24) is 0 Å². The van der Waals surface area contributed by atoms with E-state index in [-0.39, 0.29) is 10.8 Å². The molecule has 13 aromatic carbocycles. The fourth-order valence-corrected chi connectivity index (χ4v) is 15.7. The van der Waals surface area contributed by atoms with Crippen molar-refractivity contribution in [2.24, 2.45) is 0 Å². The quantitative estimate of drug-likeness (QED) is 0.153. The second-order valence-electron chi connectivity index (χ2n) is 25.4. The Kier molecular flexibility index (Phi) is 11.3. The maximum atomic E-state index is 2.54. The van der Waals surface area contributed by atoms with Crippen LogP contribution in [0.4, 0.5) is 34.1 Å². The SMILES string of the molecule is CC1(C)c2ccccc2-c2ccc(-c3cccc(-c4c5ccc(N6c7ccccc7CCc7ccccc76)cc5c(-c5cccc(-c6ccc7c(c6)C(C)(C)c6ccccc6-7)c5)c5ccc(N6c7ccccc7CCc7ccccc76)cc45)c3)cc21.